The normalized spacial score (nSPS) is 23.7. The molecule has 0 radical (unpaired) electrons. The van der Waals surface area contributed by atoms with Gasteiger partial charge in [0.15, 0.2) is 6.29 Å². The van der Waals surface area contributed by atoms with Crippen LogP contribution in [0.5, 0.6) is 11.5 Å². The smallest absolute Gasteiger partial charge is 0.320 e. The summed E-state index contributed by atoms with van der Waals surface area (Å²) >= 11 is 1.26. The minimum atomic E-state index is -1.16. The van der Waals surface area contributed by atoms with Crippen molar-refractivity contribution in [2.45, 2.75) is 35.2 Å². The van der Waals surface area contributed by atoms with Crippen molar-refractivity contribution in [2.24, 2.45) is 0 Å². The van der Waals surface area contributed by atoms with Crippen molar-refractivity contribution in [3.8, 4) is 11.5 Å². The quantitative estimate of drug-likeness (QED) is 0.654. The largest absolute Gasteiger partial charge is 0.497 e. The van der Waals surface area contributed by atoms with Crippen molar-refractivity contribution in [3.05, 3.63) is 48.5 Å². The molecule has 8 heteroatoms. The lowest BCUT2D eigenvalue weighted by atomic mass is 9.97. The molecular formula is C24H30N2O5S. The number of methoxy groups -OCH3 is 1. The topological polar surface area (TPSA) is 82.5 Å². The highest BCUT2D eigenvalue weighted by molar-refractivity contribution is 8.01. The number of benzene rings is 2. The molecule has 0 aromatic heterocycles. The summed E-state index contributed by atoms with van der Waals surface area (Å²) in [5.41, 5.74) is 1.25. The van der Waals surface area contributed by atoms with E-state index < -0.39 is 17.0 Å². The highest BCUT2D eigenvalue weighted by Crippen LogP contribution is 2.48. The Morgan fingerprint density at radius 1 is 1.19 bits per heavy atom. The van der Waals surface area contributed by atoms with Gasteiger partial charge in [-0.15, -0.1) is 11.8 Å². The van der Waals surface area contributed by atoms with Gasteiger partial charge in [-0.25, -0.2) is 0 Å². The van der Waals surface area contributed by atoms with Crippen LogP contribution in [0.15, 0.2) is 53.4 Å². The predicted molar refractivity (Wildman–Crippen MR) is 125 cm³/mol. The number of aliphatic hydroxyl groups excluding tert-OH is 1. The molecule has 7 nitrogen and oxygen atoms in total. The Labute approximate surface area is 192 Å². The third-order valence-corrected chi connectivity index (χ3v) is 7.64. The van der Waals surface area contributed by atoms with Gasteiger partial charge in [-0.3, -0.25) is 9.69 Å². The first kappa shape index (κ1) is 22.8. The maximum absolute atomic E-state index is 12.4. The van der Waals surface area contributed by atoms with Gasteiger partial charge in [-0.1, -0.05) is 18.2 Å². The fourth-order valence-corrected chi connectivity index (χ4v) is 5.74. The Kier molecular flexibility index (Phi) is 7.13. The molecule has 32 heavy (non-hydrogen) atoms. The van der Waals surface area contributed by atoms with Gasteiger partial charge in [0.2, 0.25) is 0 Å². The van der Waals surface area contributed by atoms with Gasteiger partial charge in [0.25, 0.3) is 0 Å². The van der Waals surface area contributed by atoms with E-state index in [4.69, 9.17) is 9.47 Å². The number of para-hydroxylation sites is 1. The fraction of sp³-hybridized carbons (Fsp3) is 0.458. The van der Waals surface area contributed by atoms with Crippen LogP contribution >= 0.6 is 11.8 Å². The van der Waals surface area contributed by atoms with E-state index >= 15 is 0 Å². The fourth-order valence-electron chi connectivity index (χ4n) is 4.36. The molecule has 2 aromatic carbocycles. The number of thioether (sulfide) groups is 1. The number of carboxylic acids is 1. The van der Waals surface area contributed by atoms with Crippen LogP contribution in [0.4, 0.5) is 5.69 Å². The lowest BCUT2D eigenvalue weighted by Crippen LogP contribution is -2.47. The molecule has 1 fully saturated rings. The zero-order valence-electron chi connectivity index (χ0n) is 18.3. The molecule has 0 amide bonds. The molecule has 2 aliphatic rings. The summed E-state index contributed by atoms with van der Waals surface area (Å²) in [6.45, 7) is 4.66. The third-order valence-electron chi connectivity index (χ3n) is 6.16. The highest BCUT2D eigenvalue weighted by Gasteiger charge is 2.44. The van der Waals surface area contributed by atoms with Crippen LogP contribution in [-0.4, -0.2) is 72.0 Å². The van der Waals surface area contributed by atoms with E-state index in [0.29, 0.717) is 22.8 Å². The molecular weight excluding hydrogens is 428 g/mol. The van der Waals surface area contributed by atoms with Gasteiger partial charge >= 0.3 is 5.97 Å². The minimum Gasteiger partial charge on any atom is -0.497 e. The molecule has 172 valence electrons. The number of carboxylic acid groups (broad SMARTS) is 1. The summed E-state index contributed by atoms with van der Waals surface area (Å²) < 4.78 is 9.75. The molecule has 2 aromatic rings. The van der Waals surface area contributed by atoms with Gasteiger partial charge in [0.1, 0.15) is 16.2 Å². The summed E-state index contributed by atoms with van der Waals surface area (Å²) in [6, 6.07) is 15.7. The van der Waals surface area contributed by atoms with Gasteiger partial charge in [-0.2, -0.15) is 0 Å². The van der Waals surface area contributed by atoms with Crippen LogP contribution in [0.3, 0.4) is 0 Å². The van der Waals surface area contributed by atoms with Crippen molar-refractivity contribution < 1.29 is 24.5 Å². The summed E-state index contributed by atoms with van der Waals surface area (Å²) in [5, 5.41) is 20.5. The van der Waals surface area contributed by atoms with Crippen molar-refractivity contribution >= 4 is 23.4 Å². The van der Waals surface area contributed by atoms with E-state index in [-0.39, 0.29) is 6.42 Å². The molecule has 0 saturated carbocycles. The lowest BCUT2D eigenvalue weighted by Gasteiger charge is -2.36. The van der Waals surface area contributed by atoms with E-state index in [1.807, 2.05) is 6.07 Å². The number of aliphatic hydroxyl groups is 1. The third kappa shape index (κ3) is 5.14. The number of ether oxygens (including phenoxy) is 2. The van der Waals surface area contributed by atoms with Crippen LogP contribution in [0.1, 0.15) is 19.3 Å². The lowest BCUT2D eigenvalue weighted by molar-refractivity contribution is -0.142. The Morgan fingerprint density at radius 3 is 2.62 bits per heavy atom. The second-order valence-electron chi connectivity index (χ2n) is 8.26. The van der Waals surface area contributed by atoms with Crippen molar-refractivity contribution in [1.29, 1.82) is 0 Å². The van der Waals surface area contributed by atoms with E-state index in [1.54, 1.807) is 25.3 Å². The van der Waals surface area contributed by atoms with Crippen LogP contribution in [-0.2, 0) is 4.79 Å². The van der Waals surface area contributed by atoms with Crippen LogP contribution in [0, 0.1) is 0 Å². The van der Waals surface area contributed by atoms with Crippen LogP contribution in [0.2, 0.25) is 0 Å². The molecule has 2 aliphatic heterocycles. The van der Waals surface area contributed by atoms with Gasteiger partial charge in [0, 0.05) is 38.3 Å². The molecule has 0 aliphatic carbocycles. The van der Waals surface area contributed by atoms with E-state index in [9.17, 15) is 15.0 Å². The molecule has 1 saturated heterocycles. The molecule has 2 heterocycles. The van der Waals surface area contributed by atoms with Crippen molar-refractivity contribution in [2.75, 3.05) is 44.7 Å². The highest BCUT2D eigenvalue weighted by atomic mass is 32.2. The number of piperazine rings is 1. The Morgan fingerprint density at radius 2 is 1.94 bits per heavy atom. The molecule has 2 atom stereocenters. The maximum atomic E-state index is 12.4. The average molecular weight is 459 g/mol. The monoisotopic (exact) mass is 458 g/mol. The van der Waals surface area contributed by atoms with Crippen molar-refractivity contribution in [1.82, 2.24) is 4.90 Å². The van der Waals surface area contributed by atoms with Crippen molar-refractivity contribution in [3.63, 3.8) is 0 Å². The zero-order valence-corrected chi connectivity index (χ0v) is 19.1. The number of rotatable bonds is 7. The molecule has 0 bridgehead atoms. The Bertz CT molecular complexity index is 920. The zero-order chi connectivity index (χ0) is 22.6. The van der Waals surface area contributed by atoms with Crippen LogP contribution in [0.25, 0.3) is 0 Å². The first-order valence-electron chi connectivity index (χ1n) is 11.0. The number of aliphatic carboxylic acids is 1. The number of nitrogens with zero attached hydrogens (tertiary/aromatic N) is 2. The Balaban J connectivity index is 1.37. The first-order chi connectivity index (χ1) is 15.5. The number of hydrogen-bond donors (Lipinski definition) is 2. The van der Waals surface area contributed by atoms with Gasteiger partial charge in [0.05, 0.1) is 12.0 Å². The van der Waals surface area contributed by atoms with Gasteiger partial charge in [-0.05, 0) is 49.7 Å². The van der Waals surface area contributed by atoms with Crippen LogP contribution < -0.4 is 14.4 Å². The minimum absolute atomic E-state index is 0.0335. The second kappa shape index (κ2) is 10.0. The second-order valence-corrected chi connectivity index (χ2v) is 9.68. The molecule has 2 N–H and O–H groups in total. The maximum Gasteiger partial charge on any atom is 0.320 e. The first-order valence-corrected chi connectivity index (χ1v) is 11.8. The average Bonchev–Trinajstić information content (AvgIpc) is 2.95. The molecule has 0 spiro atoms. The predicted octanol–water partition coefficient (Wildman–Crippen LogP) is 3.31. The van der Waals surface area contributed by atoms with E-state index in [2.05, 4.69) is 34.1 Å². The summed E-state index contributed by atoms with van der Waals surface area (Å²) in [7, 11) is 1.57. The van der Waals surface area contributed by atoms with E-state index in [0.717, 1.165) is 39.1 Å². The Hall–Kier alpha value is -2.42. The number of anilines is 1. The molecule has 2 unspecified atom stereocenters. The standard InChI is InChI=1S/C24H30N2O5S/c1-30-19-8-9-20-21(16-19)32-24(23(28)29,17-22(27)31-20)10-5-11-25-12-14-26(15-13-25)18-6-3-2-4-7-18/h2-4,6-9,16,22,27H,5,10-15,17H2,1H3,(H,28,29). The summed E-state index contributed by atoms with van der Waals surface area (Å²) in [5.74, 6) is 0.199. The summed E-state index contributed by atoms with van der Waals surface area (Å²) in [4.78, 5) is 17.8. The van der Waals surface area contributed by atoms with Gasteiger partial charge < -0.3 is 24.6 Å². The van der Waals surface area contributed by atoms with E-state index in [1.165, 1.54) is 17.4 Å². The number of carbonyl (C=O) groups is 1. The number of fused-ring (bicyclic) bond motifs is 1. The SMILES string of the molecule is COc1ccc2c(c1)SC(CCCN1CCN(c3ccccc3)CC1)(C(=O)O)CC(O)O2. The summed E-state index contributed by atoms with van der Waals surface area (Å²) in [6.07, 6.45) is 0.0495. The molecule has 4 rings (SSSR count). The number of hydrogen-bond acceptors (Lipinski definition) is 7.